The van der Waals surface area contributed by atoms with Crippen molar-refractivity contribution >= 4 is 23.5 Å². The molecule has 24 heavy (non-hydrogen) atoms. The number of rotatable bonds is 6. The van der Waals surface area contributed by atoms with Crippen molar-refractivity contribution < 1.29 is 9.53 Å². The van der Waals surface area contributed by atoms with Gasteiger partial charge in [0, 0.05) is 23.0 Å². The number of carbonyl (C=O) groups excluding carboxylic acids is 1. The van der Waals surface area contributed by atoms with Crippen LogP contribution in [0, 0.1) is 0 Å². The van der Waals surface area contributed by atoms with Crippen LogP contribution >= 0.6 is 11.8 Å². The number of piperidine rings is 1. The summed E-state index contributed by atoms with van der Waals surface area (Å²) in [4.78, 5) is 14.8. The van der Waals surface area contributed by atoms with Gasteiger partial charge in [-0.3, -0.25) is 0 Å². The lowest BCUT2D eigenvalue weighted by molar-refractivity contribution is 0.161. The van der Waals surface area contributed by atoms with Crippen LogP contribution in [-0.2, 0) is 0 Å². The molecule has 4 nitrogen and oxygen atoms in total. The molecule has 0 spiro atoms. The highest BCUT2D eigenvalue weighted by molar-refractivity contribution is 7.99. The largest absolute Gasteiger partial charge is 0.494 e. The first-order chi connectivity index (χ1) is 11.7. The minimum absolute atomic E-state index is 0.0571. The molecule has 2 bridgehead atoms. The molecule has 0 aromatic heterocycles. The molecular weight excluding hydrogens is 320 g/mol. The SMILES string of the molecule is CCCCOc1ccc(NC(=O)N2C3CCC2CC(SC)C3)cc1. The van der Waals surface area contributed by atoms with Crippen LogP contribution in [-0.4, -0.2) is 41.1 Å². The highest BCUT2D eigenvalue weighted by Crippen LogP contribution is 2.39. The Morgan fingerprint density at radius 3 is 2.50 bits per heavy atom. The second-order valence-electron chi connectivity index (χ2n) is 6.78. The average Bonchev–Trinajstić information content (AvgIpc) is 2.87. The smallest absolute Gasteiger partial charge is 0.322 e. The molecule has 2 saturated heterocycles. The van der Waals surface area contributed by atoms with Gasteiger partial charge in [-0.1, -0.05) is 13.3 Å². The minimum atomic E-state index is 0.0571. The molecule has 5 heteroatoms. The van der Waals surface area contributed by atoms with Gasteiger partial charge in [-0.15, -0.1) is 0 Å². The molecule has 2 fully saturated rings. The average molecular weight is 349 g/mol. The number of carbonyl (C=O) groups is 1. The van der Waals surface area contributed by atoms with Gasteiger partial charge in [-0.05, 0) is 62.6 Å². The summed E-state index contributed by atoms with van der Waals surface area (Å²) in [5.74, 6) is 0.863. The van der Waals surface area contributed by atoms with Crippen molar-refractivity contribution in [3.8, 4) is 5.75 Å². The van der Waals surface area contributed by atoms with Gasteiger partial charge in [0.05, 0.1) is 6.61 Å². The van der Waals surface area contributed by atoms with Crippen LogP contribution in [0.25, 0.3) is 0 Å². The van der Waals surface area contributed by atoms with Gasteiger partial charge in [0.2, 0.25) is 0 Å². The zero-order chi connectivity index (χ0) is 16.9. The molecule has 2 amide bonds. The lowest BCUT2D eigenvalue weighted by Gasteiger charge is -2.38. The third-order valence-corrected chi connectivity index (χ3v) is 6.18. The van der Waals surface area contributed by atoms with Gasteiger partial charge in [0.1, 0.15) is 5.75 Å². The van der Waals surface area contributed by atoms with Crippen molar-refractivity contribution in [3.05, 3.63) is 24.3 Å². The number of ether oxygens (including phenoxy) is 1. The third-order valence-electron chi connectivity index (χ3n) is 5.13. The van der Waals surface area contributed by atoms with Gasteiger partial charge >= 0.3 is 6.03 Å². The minimum Gasteiger partial charge on any atom is -0.494 e. The molecule has 2 atom stereocenters. The third kappa shape index (κ3) is 4.00. The monoisotopic (exact) mass is 348 g/mol. The Kier molecular flexibility index (Phi) is 5.93. The summed E-state index contributed by atoms with van der Waals surface area (Å²) in [5, 5.41) is 3.78. The summed E-state index contributed by atoms with van der Waals surface area (Å²) < 4.78 is 5.67. The molecule has 2 unspecified atom stereocenters. The molecule has 1 aromatic carbocycles. The maximum absolute atomic E-state index is 12.7. The van der Waals surface area contributed by atoms with Crippen molar-refractivity contribution in [1.82, 2.24) is 4.90 Å². The van der Waals surface area contributed by atoms with Crippen LogP contribution < -0.4 is 10.1 Å². The molecule has 2 aliphatic heterocycles. The number of nitrogens with one attached hydrogen (secondary N) is 1. The van der Waals surface area contributed by atoms with Crippen LogP contribution in [0.4, 0.5) is 10.5 Å². The summed E-state index contributed by atoms with van der Waals surface area (Å²) in [6.07, 6.45) is 8.95. The first-order valence-corrected chi connectivity index (χ1v) is 10.3. The Morgan fingerprint density at radius 1 is 1.25 bits per heavy atom. The van der Waals surface area contributed by atoms with Gasteiger partial charge in [-0.25, -0.2) is 4.79 Å². The fourth-order valence-corrected chi connectivity index (χ4v) is 4.64. The van der Waals surface area contributed by atoms with E-state index in [9.17, 15) is 4.79 Å². The number of nitrogens with zero attached hydrogens (tertiary/aromatic N) is 1. The molecule has 1 aromatic rings. The molecule has 1 N–H and O–H groups in total. The van der Waals surface area contributed by atoms with Crippen molar-refractivity contribution in [2.45, 2.75) is 62.8 Å². The Balaban J connectivity index is 1.55. The second kappa shape index (κ2) is 8.15. The molecule has 0 radical (unpaired) electrons. The van der Waals surface area contributed by atoms with E-state index in [0.29, 0.717) is 17.3 Å². The van der Waals surface area contributed by atoms with E-state index >= 15 is 0 Å². The Bertz CT molecular complexity index is 535. The molecule has 132 valence electrons. The van der Waals surface area contributed by atoms with Gasteiger partial charge in [-0.2, -0.15) is 11.8 Å². The van der Waals surface area contributed by atoms with E-state index in [0.717, 1.165) is 56.6 Å². The summed E-state index contributed by atoms with van der Waals surface area (Å²) in [7, 11) is 0. The lowest BCUT2D eigenvalue weighted by Crippen LogP contribution is -2.49. The normalized spacial score (nSPS) is 25.6. The highest BCUT2D eigenvalue weighted by atomic mass is 32.2. The summed E-state index contributed by atoms with van der Waals surface area (Å²) >= 11 is 1.95. The van der Waals surface area contributed by atoms with Crippen molar-refractivity contribution in [2.75, 3.05) is 18.2 Å². The Morgan fingerprint density at radius 2 is 1.92 bits per heavy atom. The van der Waals surface area contributed by atoms with Crippen LogP contribution in [0.2, 0.25) is 0 Å². The molecule has 0 aliphatic carbocycles. The van der Waals surface area contributed by atoms with Gasteiger partial charge in [0.15, 0.2) is 0 Å². The predicted octanol–water partition coefficient (Wildman–Crippen LogP) is 4.76. The molecule has 2 heterocycles. The van der Waals surface area contributed by atoms with E-state index in [1.807, 2.05) is 36.0 Å². The number of hydrogen-bond donors (Lipinski definition) is 1. The molecular formula is C19H28N2O2S. The molecule has 0 saturated carbocycles. The van der Waals surface area contributed by atoms with Crippen LogP contribution in [0.3, 0.4) is 0 Å². The topological polar surface area (TPSA) is 41.6 Å². The van der Waals surface area contributed by atoms with Gasteiger partial charge in [0.25, 0.3) is 0 Å². The van der Waals surface area contributed by atoms with Crippen molar-refractivity contribution in [2.24, 2.45) is 0 Å². The number of unbranched alkanes of at least 4 members (excludes halogenated alkanes) is 1. The maximum Gasteiger partial charge on any atom is 0.322 e. The number of urea groups is 1. The second-order valence-corrected chi connectivity index (χ2v) is 7.92. The van der Waals surface area contributed by atoms with Crippen LogP contribution in [0.1, 0.15) is 45.4 Å². The summed E-state index contributed by atoms with van der Waals surface area (Å²) in [5.41, 5.74) is 0.842. The zero-order valence-corrected chi connectivity index (χ0v) is 15.5. The number of fused-ring (bicyclic) bond motifs is 2. The van der Waals surface area contributed by atoms with Gasteiger partial charge < -0.3 is 15.0 Å². The summed E-state index contributed by atoms with van der Waals surface area (Å²) in [6, 6.07) is 8.60. The van der Waals surface area contributed by atoms with E-state index in [4.69, 9.17) is 4.74 Å². The summed E-state index contributed by atoms with van der Waals surface area (Å²) in [6.45, 7) is 2.90. The van der Waals surface area contributed by atoms with E-state index < -0.39 is 0 Å². The lowest BCUT2D eigenvalue weighted by atomic mass is 10.0. The fourth-order valence-electron chi connectivity index (χ4n) is 3.81. The Hall–Kier alpha value is -1.36. The van der Waals surface area contributed by atoms with Crippen LogP contribution in [0.5, 0.6) is 5.75 Å². The number of anilines is 1. The Labute approximate surface area is 149 Å². The van der Waals surface area contributed by atoms with Crippen molar-refractivity contribution in [3.63, 3.8) is 0 Å². The van der Waals surface area contributed by atoms with E-state index in [-0.39, 0.29) is 6.03 Å². The van der Waals surface area contributed by atoms with E-state index in [1.165, 1.54) is 0 Å². The zero-order valence-electron chi connectivity index (χ0n) is 14.7. The number of amides is 2. The van der Waals surface area contributed by atoms with E-state index in [2.05, 4.69) is 23.4 Å². The number of benzene rings is 1. The van der Waals surface area contributed by atoms with Crippen LogP contribution in [0.15, 0.2) is 24.3 Å². The van der Waals surface area contributed by atoms with E-state index in [1.54, 1.807) is 0 Å². The predicted molar refractivity (Wildman–Crippen MR) is 101 cm³/mol. The standard InChI is InChI=1S/C19H28N2O2S/c1-3-4-11-23-17-9-5-14(6-10-17)20-19(22)21-15-7-8-16(21)13-18(12-15)24-2/h5-6,9-10,15-16,18H,3-4,7-8,11-13H2,1-2H3,(H,20,22). The molecule has 2 aliphatic rings. The first-order valence-electron chi connectivity index (χ1n) is 9.06. The highest BCUT2D eigenvalue weighted by Gasteiger charge is 2.42. The fraction of sp³-hybridized carbons (Fsp3) is 0.632. The molecule has 3 rings (SSSR count). The quantitative estimate of drug-likeness (QED) is 0.754. The van der Waals surface area contributed by atoms with Crippen molar-refractivity contribution in [1.29, 1.82) is 0 Å². The number of thioether (sulfide) groups is 1. The maximum atomic E-state index is 12.7. The number of hydrogen-bond acceptors (Lipinski definition) is 3. The first kappa shape index (κ1) is 17.5.